The fourth-order valence-corrected chi connectivity index (χ4v) is 3.39. The number of benzene rings is 2. The summed E-state index contributed by atoms with van der Waals surface area (Å²) in [4.78, 5) is 22.2. The molecule has 1 aliphatic rings. The molecule has 0 atom stereocenters. The Labute approximate surface area is 155 Å². The fourth-order valence-electron chi connectivity index (χ4n) is 3.27. The lowest BCUT2D eigenvalue weighted by Gasteiger charge is -2.27. The molecule has 0 radical (unpaired) electrons. The molecule has 0 bridgehead atoms. The first-order valence-electron chi connectivity index (χ1n) is 8.43. The number of aromatic nitrogens is 2. The van der Waals surface area contributed by atoms with Crippen LogP contribution in [0.15, 0.2) is 53.3 Å². The van der Waals surface area contributed by atoms with Crippen LogP contribution in [0.1, 0.15) is 16.8 Å². The number of halogens is 2. The van der Waals surface area contributed by atoms with E-state index in [0.717, 1.165) is 28.9 Å². The second kappa shape index (κ2) is 7.02. The minimum Gasteiger partial charge on any atom is -0.306 e. The molecule has 1 aliphatic heterocycles. The van der Waals surface area contributed by atoms with Crippen molar-refractivity contribution >= 4 is 11.6 Å². The van der Waals surface area contributed by atoms with Gasteiger partial charge >= 0.3 is 0 Å². The maximum atomic E-state index is 13.4. The number of nitrogens with one attached hydrogen (secondary N) is 1. The molecule has 132 valence electrons. The Balaban J connectivity index is 1.61. The van der Waals surface area contributed by atoms with E-state index in [2.05, 4.69) is 14.9 Å². The molecule has 6 heteroatoms. The lowest BCUT2D eigenvalue weighted by Crippen LogP contribution is -2.35. The van der Waals surface area contributed by atoms with Crippen LogP contribution in [-0.2, 0) is 19.5 Å². The summed E-state index contributed by atoms with van der Waals surface area (Å²) >= 11 is 5.93. The molecule has 1 N–H and O–H groups in total. The van der Waals surface area contributed by atoms with Gasteiger partial charge in [0.25, 0.3) is 5.56 Å². The summed E-state index contributed by atoms with van der Waals surface area (Å²) in [5, 5.41) is 0.635. The van der Waals surface area contributed by atoms with Crippen LogP contribution < -0.4 is 5.56 Å². The SMILES string of the molecule is O=c1[nH]c(-c2ccc(Cl)cc2)nc2c1CCN(Cc1cccc(F)c1)C2. The van der Waals surface area contributed by atoms with Crippen molar-refractivity contribution in [2.24, 2.45) is 0 Å². The third kappa shape index (κ3) is 3.54. The van der Waals surface area contributed by atoms with Gasteiger partial charge in [-0.2, -0.15) is 0 Å². The molecule has 4 nitrogen and oxygen atoms in total. The van der Waals surface area contributed by atoms with Crippen LogP contribution >= 0.6 is 11.6 Å². The summed E-state index contributed by atoms with van der Waals surface area (Å²) in [6, 6.07) is 13.8. The van der Waals surface area contributed by atoms with Crippen LogP contribution in [0.25, 0.3) is 11.4 Å². The van der Waals surface area contributed by atoms with E-state index in [9.17, 15) is 9.18 Å². The van der Waals surface area contributed by atoms with Crippen LogP contribution in [0.3, 0.4) is 0 Å². The molecule has 26 heavy (non-hydrogen) atoms. The average molecular weight is 370 g/mol. The zero-order valence-electron chi connectivity index (χ0n) is 14.0. The third-order valence-corrected chi connectivity index (χ3v) is 4.82. The molecule has 3 aromatic rings. The predicted octanol–water partition coefficient (Wildman–Crippen LogP) is 3.79. The number of hydrogen-bond donors (Lipinski definition) is 1. The zero-order valence-corrected chi connectivity index (χ0v) is 14.8. The molecule has 2 aromatic carbocycles. The van der Waals surface area contributed by atoms with Gasteiger partial charge in [-0.05, 0) is 48.4 Å². The van der Waals surface area contributed by atoms with Crippen molar-refractivity contribution in [2.75, 3.05) is 6.54 Å². The second-order valence-corrected chi connectivity index (χ2v) is 6.87. The first kappa shape index (κ1) is 16.9. The normalized spacial score (nSPS) is 14.2. The first-order chi connectivity index (χ1) is 12.6. The van der Waals surface area contributed by atoms with E-state index in [-0.39, 0.29) is 11.4 Å². The van der Waals surface area contributed by atoms with Crippen molar-refractivity contribution in [3.63, 3.8) is 0 Å². The molecule has 0 spiro atoms. The molecule has 0 amide bonds. The monoisotopic (exact) mass is 369 g/mol. The van der Waals surface area contributed by atoms with Gasteiger partial charge in [-0.15, -0.1) is 0 Å². The smallest absolute Gasteiger partial charge is 0.254 e. The van der Waals surface area contributed by atoms with E-state index in [1.54, 1.807) is 24.3 Å². The molecule has 0 fully saturated rings. The van der Waals surface area contributed by atoms with Crippen molar-refractivity contribution in [1.82, 2.24) is 14.9 Å². The molecule has 4 rings (SSSR count). The van der Waals surface area contributed by atoms with Gasteiger partial charge < -0.3 is 4.98 Å². The van der Waals surface area contributed by atoms with Gasteiger partial charge in [-0.3, -0.25) is 9.69 Å². The highest BCUT2D eigenvalue weighted by molar-refractivity contribution is 6.30. The average Bonchev–Trinajstić information content (AvgIpc) is 2.62. The van der Waals surface area contributed by atoms with Gasteiger partial charge in [0.15, 0.2) is 0 Å². The van der Waals surface area contributed by atoms with Crippen LogP contribution in [0.2, 0.25) is 5.02 Å². The summed E-state index contributed by atoms with van der Waals surface area (Å²) in [6.45, 7) is 1.94. The highest BCUT2D eigenvalue weighted by atomic mass is 35.5. The Morgan fingerprint density at radius 3 is 2.77 bits per heavy atom. The second-order valence-electron chi connectivity index (χ2n) is 6.44. The van der Waals surface area contributed by atoms with E-state index >= 15 is 0 Å². The quantitative estimate of drug-likeness (QED) is 0.764. The van der Waals surface area contributed by atoms with Gasteiger partial charge in [-0.25, -0.2) is 9.37 Å². The van der Waals surface area contributed by atoms with Gasteiger partial charge in [0.05, 0.1) is 5.69 Å². The van der Waals surface area contributed by atoms with Crippen LogP contribution in [0, 0.1) is 5.82 Å². The van der Waals surface area contributed by atoms with E-state index in [0.29, 0.717) is 30.4 Å². The van der Waals surface area contributed by atoms with E-state index in [1.807, 2.05) is 18.2 Å². The van der Waals surface area contributed by atoms with Crippen LogP contribution in [0.5, 0.6) is 0 Å². The predicted molar refractivity (Wildman–Crippen MR) is 99.5 cm³/mol. The zero-order chi connectivity index (χ0) is 18.1. The summed E-state index contributed by atoms with van der Waals surface area (Å²) in [5.74, 6) is 0.303. The third-order valence-electron chi connectivity index (χ3n) is 4.57. The first-order valence-corrected chi connectivity index (χ1v) is 8.81. The van der Waals surface area contributed by atoms with E-state index in [4.69, 9.17) is 11.6 Å². The van der Waals surface area contributed by atoms with Crippen LogP contribution in [-0.4, -0.2) is 21.4 Å². The molecule has 2 heterocycles. The van der Waals surface area contributed by atoms with Crippen molar-refractivity contribution in [3.05, 3.63) is 86.5 Å². The molecule has 0 aliphatic carbocycles. The van der Waals surface area contributed by atoms with Crippen molar-refractivity contribution in [3.8, 4) is 11.4 Å². The van der Waals surface area contributed by atoms with E-state index < -0.39 is 0 Å². The lowest BCUT2D eigenvalue weighted by molar-refractivity contribution is 0.240. The van der Waals surface area contributed by atoms with Crippen molar-refractivity contribution < 1.29 is 4.39 Å². The highest BCUT2D eigenvalue weighted by Crippen LogP contribution is 2.21. The minimum atomic E-state index is -0.237. The molecular weight excluding hydrogens is 353 g/mol. The Hall–Kier alpha value is -2.50. The Bertz CT molecular complexity index is 1000. The Morgan fingerprint density at radius 1 is 1.19 bits per heavy atom. The van der Waals surface area contributed by atoms with Gasteiger partial charge in [0.2, 0.25) is 0 Å². The standard InChI is InChI=1S/C20H17ClFN3O/c21-15-6-4-14(5-7-15)19-23-18-12-25(9-8-17(18)20(26)24-19)11-13-2-1-3-16(22)10-13/h1-7,10H,8-9,11-12H2,(H,23,24,26). The highest BCUT2D eigenvalue weighted by Gasteiger charge is 2.21. The van der Waals surface area contributed by atoms with Crippen molar-refractivity contribution in [2.45, 2.75) is 19.5 Å². The number of fused-ring (bicyclic) bond motifs is 1. The molecule has 0 saturated heterocycles. The summed E-state index contributed by atoms with van der Waals surface area (Å²) in [6.07, 6.45) is 0.633. The molecular formula is C20H17ClFN3O. The van der Waals surface area contributed by atoms with E-state index in [1.165, 1.54) is 6.07 Å². The summed E-state index contributed by atoms with van der Waals surface area (Å²) in [7, 11) is 0. The lowest BCUT2D eigenvalue weighted by atomic mass is 10.0. The Morgan fingerprint density at radius 2 is 2.00 bits per heavy atom. The molecule has 0 saturated carbocycles. The fraction of sp³-hybridized carbons (Fsp3) is 0.200. The van der Waals surface area contributed by atoms with Crippen LogP contribution in [0.4, 0.5) is 4.39 Å². The van der Waals surface area contributed by atoms with Gasteiger partial charge in [0, 0.05) is 35.8 Å². The molecule has 1 aromatic heterocycles. The number of hydrogen-bond acceptors (Lipinski definition) is 3. The molecule has 0 unspecified atom stereocenters. The maximum absolute atomic E-state index is 13.4. The van der Waals surface area contributed by atoms with Crippen molar-refractivity contribution in [1.29, 1.82) is 0 Å². The topological polar surface area (TPSA) is 49.0 Å². The van der Waals surface area contributed by atoms with Gasteiger partial charge in [0.1, 0.15) is 11.6 Å². The number of nitrogens with zero attached hydrogens (tertiary/aromatic N) is 2. The summed E-state index contributed by atoms with van der Waals surface area (Å²) in [5.41, 5.74) is 3.15. The number of rotatable bonds is 3. The maximum Gasteiger partial charge on any atom is 0.254 e. The Kier molecular flexibility index (Phi) is 4.57. The largest absolute Gasteiger partial charge is 0.306 e. The number of H-pyrrole nitrogens is 1. The minimum absolute atomic E-state index is 0.0923. The summed E-state index contributed by atoms with van der Waals surface area (Å²) < 4.78 is 13.4. The number of aromatic amines is 1. The van der Waals surface area contributed by atoms with Gasteiger partial charge in [-0.1, -0.05) is 23.7 Å².